The number of carbonyl (C=O) groups is 2. The number of nitrogens with zero attached hydrogens (tertiary/aromatic N) is 2. The van der Waals surface area contributed by atoms with Crippen molar-refractivity contribution in [3.63, 3.8) is 0 Å². The van der Waals surface area contributed by atoms with Gasteiger partial charge in [-0.25, -0.2) is 4.79 Å². The molecule has 1 saturated heterocycles. The highest BCUT2D eigenvalue weighted by Crippen LogP contribution is 2.03. The van der Waals surface area contributed by atoms with E-state index in [4.69, 9.17) is 5.11 Å². The van der Waals surface area contributed by atoms with Crippen molar-refractivity contribution >= 4 is 11.9 Å². The van der Waals surface area contributed by atoms with Gasteiger partial charge in [0.15, 0.2) is 0 Å². The summed E-state index contributed by atoms with van der Waals surface area (Å²) >= 11 is 0. The van der Waals surface area contributed by atoms with E-state index < -0.39 is 12.0 Å². The third-order valence-electron chi connectivity index (χ3n) is 3.50. The molecule has 1 heterocycles. The molecule has 0 bridgehead atoms. The SMILES string of the molecule is CC(C)C(NC(=O)CCN1CCN(C)CC1)C(=O)O. The van der Waals surface area contributed by atoms with Crippen molar-refractivity contribution < 1.29 is 14.7 Å². The van der Waals surface area contributed by atoms with Gasteiger partial charge in [-0.2, -0.15) is 0 Å². The predicted molar refractivity (Wildman–Crippen MR) is 73.0 cm³/mol. The number of hydrogen-bond acceptors (Lipinski definition) is 4. The molecule has 0 aromatic heterocycles. The average Bonchev–Trinajstić information content (AvgIpc) is 2.34. The molecule has 1 aliphatic rings. The number of likely N-dealkylation sites (N-methyl/N-ethyl adjacent to an activating group) is 1. The number of carboxylic acids is 1. The van der Waals surface area contributed by atoms with Crippen molar-refractivity contribution in [1.82, 2.24) is 15.1 Å². The molecule has 1 amide bonds. The van der Waals surface area contributed by atoms with Crippen LogP contribution in [-0.4, -0.2) is 72.6 Å². The quantitative estimate of drug-likeness (QED) is 0.703. The summed E-state index contributed by atoms with van der Waals surface area (Å²) in [6.07, 6.45) is 0.361. The first-order chi connectivity index (χ1) is 8.90. The smallest absolute Gasteiger partial charge is 0.326 e. The van der Waals surface area contributed by atoms with Crippen molar-refractivity contribution in [2.24, 2.45) is 5.92 Å². The molecule has 0 aromatic carbocycles. The van der Waals surface area contributed by atoms with Gasteiger partial charge < -0.3 is 20.2 Å². The van der Waals surface area contributed by atoms with Crippen LogP contribution >= 0.6 is 0 Å². The molecule has 0 saturated carbocycles. The van der Waals surface area contributed by atoms with Gasteiger partial charge in [-0.1, -0.05) is 13.8 Å². The van der Waals surface area contributed by atoms with E-state index in [1.165, 1.54) is 0 Å². The van der Waals surface area contributed by atoms with E-state index in [9.17, 15) is 9.59 Å². The average molecular weight is 271 g/mol. The van der Waals surface area contributed by atoms with E-state index in [2.05, 4.69) is 22.2 Å². The van der Waals surface area contributed by atoms with Crippen molar-refractivity contribution in [3.05, 3.63) is 0 Å². The molecule has 1 rings (SSSR count). The molecule has 1 atom stereocenters. The van der Waals surface area contributed by atoms with Crippen LogP contribution in [0.25, 0.3) is 0 Å². The van der Waals surface area contributed by atoms with Crippen LogP contribution in [0.3, 0.4) is 0 Å². The second-order valence-electron chi connectivity index (χ2n) is 5.52. The fourth-order valence-corrected chi connectivity index (χ4v) is 2.09. The topological polar surface area (TPSA) is 72.9 Å². The van der Waals surface area contributed by atoms with Crippen LogP contribution in [-0.2, 0) is 9.59 Å². The van der Waals surface area contributed by atoms with Crippen molar-refractivity contribution in [1.29, 1.82) is 0 Å². The van der Waals surface area contributed by atoms with Gasteiger partial charge in [0, 0.05) is 39.1 Å². The fourth-order valence-electron chi connectivity index (χ4n) is 2.09. The molecule has 0 aromatic rings. The molecule has 6 heteroatoms. The summed E-state index contributed by atoms with van der Waals surface area (Å²) in [5.41, 5.74) is 0. The van der Waals surface area contributed by atoms with Gasteiger partial charge >= 0.3 is 5.97 Å². The molecule has 1 unspecified atom stereocenters. The number of aliphatic carboxylic acids is 1. The predicted octanol–water partition coefficient (Wildman–Crippen LogP) is -0.151. The van der Waals surface area contributed by atoms with Gasteiger partial charge in [0.05, 0.1) is 0 Å². The van der Waals surface area contributed by atoms with Crippen LogP contribution in [0.4, 0.5) is 0 Å². The summed E-state index contributed by atoms with van der Waals surface area (Å²) in [6, 6.07) is -0.792. The Morgan fingerprint density at radius 3 is 2.26 bits per heavy atom. The minimum absolute atomic E-state index is 0.106. The Labute approximate surface area is 114 Å². The molecule has 6 nitrogen and oxygen atoms in total. The highest BCUT2D eigenvalue weighted by Gasteiger charge is 2.23. The zero-order valence-corrected chi connectivity index (χ0v) is 12.1. The van der Waals surface area contributed by atoms with E-state index in [0.29, 0.717) is 13.0 Å². The summed E-state index contributed by atoms with van der Waals surface area (Å²) in [4.78, 5) is 27.2. The number of hydrogen-bond donors (Lipinski definition) is 2. The Morgan fingerprint density at radius 2 is 1.79 bits per heavy atom. The van der Waals surface area contributed by atoms with Gasteiger partial charge in [-0.3, -0.25) is 4.79 Å². The van der Waals surface area contributed by atoms with Crippen LogP contribution in [0.2, 0.25) is 0 Å². The second kappa shape index (κ2) is 7.45. The van der Waals surface area contributed by atoms with Crippen LogP contribution in [0.15, 0.2) is 0 Å². The maximum absolute atomic E-state index is 11.8. The van der Waals surface area contributed by atoms with Gasteiger partial charge in [-0.15, -0.1) is 0 Å². The number of piperazine rings is 1. The first-order valence-electron chi connectivity index (χ1n) is 6.83. The molecule has 0 spiro atoms. The van der Waals surface area contributed by atoms with E-state index in [-0.39, 0.29) is 11.8 Å². The highest BCUT2D eigenvalue weighted by atomic mass is 16.4. The summed E-state index contributed by atoms with van der Waals surface area (Å²) in [6.45, 7) is 8.26. The van der Waals surface area contributed by atoms with Crippen molar-refractivity contribution in [2.75, 3.05) is 39.8 Å². The molecule has 110 valence electrons. The molecule has 19 heavy (non-hydrogen) atoms. The summed E-state index contributed by atoms with van der Waals surface area (Å²) in [5.74, 6) is -1.26. The minimum Gasteiger partial charge on any atom is -0.480 e. The highest BCUT2D eigenvalue weighted by molar-refractivity contribution is 5.83. The first-order valence-corrected chi connectivity index (χ1v) is 6.83. The monoisotopic (exact) mass is 271 g/mol. The maximum Gasteiger partial charge on any atom is 0.326 e. The fraction of sp³-hybridized carbons (Fsp3) is 0.846. The summed E-state index contributed by atoms with van der Waals surface area (Å²) in [5, 5.41) is 11.6. The standard InChI is InChI=1S/C13H25N3O3/c1-10(2)12(13(18)19)14-11(17)4-5-16-8-6-15(3)7-9-16/h10,12H,4-9H2,1-3H3,(H,14,17)(H,18,19). The van der Waals surface area contributed by atoms with E-state index in [1.807, 2.05) is 0 Å². The first kappa shape index (κ1) is 15.9. The van der Waals surface area contributed by atoms with E-state index in [1.54, 1.807) is 13.8 Å². The Kier molecular flexibility index (Phi) is 6.24. The number of carboxylic acid groups (broad SMARTS) is 1. The third kappa shape index (κ3) is 5.57. The lowest BCUT2D eigenvalue weighted by Crippen LogP contribution is -2.47. The zero-order chi connectivity index (χ0) is 14.4. The van der Waals surface area contributed by atoms with E-state index in [0.717, 1.165) is 26.2 Å². The summed E-state index contributed by atoms with van der Waals surface area (Å²) in [7, 11) is 2.09. The maximum atomic E-state index is 11.8. The minimum atomic E-state index is -0.969. The lowest BCUT2D eigenvalue weighted by molar-refractivity contribution is -0.143. The van der Waals surface area contributed by atoms with Crippen LogP contribution in [0, 0.1) is 5.92 Å². The Hall–Kier alpha value is -1.14. The number of rotatable bonds is 6. The van der Waals surface area contributed by atoms with Crippen molar-refractivity contribution in [2.45, 2.75) is 26.3 Å². The third-order valence-corrected chi connectivity index (χ3v) is 3.50. The van der Waals surface area contributed by atoms with Crippen molar-refractivity contribution in [3.8, 4) is 0 Å². The van der Waals surface area contributed by atoms with Gasteiger partial charge in [0.2, 0.25) is 5.91 Å². The number of carbonyl (C=O) groups excluding carboxylic acids is 1. The molecular formula is C13H25N3O3. The molecule has 1 fully saturated rings. The zero-order valence-electron chi connectivity index (χ0n) is 12.1. The molecule has 0 radical (unpaired) electrons. The lowest BCUT2D eigenvalue weighted by atomic mass is 10.0. The molecular weight excluding hydrogens is 246 g/mol. The molecule has 2 N–H and O–H groups in total. The van der Waals surface area contributed by atoms with E-state index >= 15 is 0 Å². The second-order valence-corrected chi connectivity index (χ2v) is 5.52. The normalized spacial score (nSPS) is 19.4. The van der Waals surface area contributed by atoms with Crippen LogP contribution in [0.1, 0.15) is 20.3 Å². The van der Waals surface area contributed by atoms with Crippen LogP contribution < -0.4 is 5.32 Å². The van der Waals surface area contributed by atoms with Gasteiger partial charge in [0.1, 0.15) is 6.04 Å². The Balaban J connectivity index is 2.29. The number of nitrogens with one attached hydrogen (secondary N) is 1. The molecule has 1 aliphatic heterocycles. The lowest BCUT2D eigenvalue weighted by Gasteiger charge is -2.32. The Morgan fingerprint density at radius 1 is 1.21 bits per heavy atom. The largest absolute Gasteiger partial charge is 0.480 e. The summed E-state index contributed by atoms with van der Waals surface area (Å²) < 4.78 is 0. The Bertz CT molecular complexity index is 312. The van der Waals surface area contributed by atoms with Crippen LogP contribution in [0.5, 0.6) is 0 Å². The van der Waals surface area contributed by atoms with Gasteiger partial charge in [0.25, 0.3) is 0 Å². The van der Waals surface area contributed by atoms with Gasteiger partial charge in [-0.05, 0) is 13.0 Å². The number of amides is 1. The molecule has 0 aliphatic carbocycles.